The Morgan fingerprint density at radius 2 is 2.04 bits per heavy atom. The molecule has 4 rings (SSSR count). The lowest BCUT2D eigenvalue weighted by Crippen LogP contribution is -2.25. The number of hydrogen-bond acceptors (Lipinski definition) is 4. The summed E-state index contributed by atoms with van der Waals surface area (Å²) in [5.74, 6) is 1.47. The molecular weight excluding hydrogens is 304 g/mol. The molecule has 3 heterocycles. The number of carbonyl (C=O) groups is 1. The highest BCUT2D eigenvalue weighted by molar-refractivity contribution is 5.99. The van der Waals surface area contributed by atoms with Crippen molar-refractivity contribution >= 4 is 22.5 Å². The van der Waals surface area contributed by atoms with Crippen molar-refractivity contribution in [1.82, 2.24) is 15.0 Å². The smallest absolute Gasteiger partial charge is 0.262 e. The van der Waals surface area contributed by atoms with Crippen LogP contribution in [0.25, 0.3) is 22.3 Å². The number of imidazole rings is 1. The van der Waals surface area contributed by atoms with Gasteiger partial charge in [0.05, 0.1) is 16.9 Å². The number of carbonyl (C=O) groups excluding carboxylic acids is 1. The van der Waals surface area contributed by atoms with Crippen molar-refractivity contribution in [2.24, 2.45) is 0 Å². The standard InChI is InChI=1S/C18H18N4O2/c1-4-16-19-10(3)18(22-16)14-5-9(2)11-6-13-15(7-12(11)20-14)24-8-17(23)21-13/h5-7H,4,8H2,1-3H3,(H,19,22)(H,21,23). The molecule has 6 nitrogen and oxygen atoms in total. The molecule has 0 fully saturated rings. The summed E-state index contributed by atoms with van der Waals surface area (Å²) in [6, 6.07) is 5.83. The van der Waals surface area contributed by atoms with Crippen LogP contribution < -0.4 is 10.1 Å². The number of nitrogens with one attached hydrogen (secondary N) is 2. The first-order valence-electron chi connectivity index (χ1n) is 7.99. The third-order valence-corrected chi connectivity index (χ3v) is 4.26. The lowest BCUT2D eigenvalue weighted by molar-refractivity contribution is -0.118. The summed E-state index contributed by atoms with van der Waals surface area (Å²) < 4.78 is 5.50. The molecule has 3 aromatic rings. The Morgan fingerprint density at radius 1 is 1.21 bits per heavy atom. The van der Waals surface area contributed by atoms with E-state index >= 15 is 0 Å². The number of anilines is 1. The van der Waals surface area contributed by atoms with Crippen molar-refractivity contribution in [3.8, 4) is 17.1 Å². The number of fused-ring (bicyclic) bond motifs is 2. The second kappa shape index (κ2) is 5.33. The fourth-order valence-electron chi connectivity index (χ4n) is 3.03. The summed E-state index contributed by atoms with van der Waals surface area (Å²) in [5, 5.41) is 3.83. The third kappa shape index (κ3) is 2.31. The maximum Gasteiger partial charge on any atom is 0.262 e. The molecule has 1 aliphatic heterocycles. The molecule has 2 N–H and O–H groups in total. The molecule has 1 aromatic carbocycles. The van der Waals surface area contributed by atoms with E-state index in [-0.39, 0.29) is 12.5 Å². The van der Waals surface area contributed by atoms with Crippen molar-refractivity contribution in [3.05, 3.63) is 35.3 Å². The van der Waals surface area contributed by atoms with Gasteiger partial charge in [-0.05, 0) is 31.5 Å². The van der Waals surface area contributed by atoms with Crippen molar-refractivity contribution < 1.29 is 9.53 Å². The van der Waals surface area contributed by atoms with Crippen LogP contribution in [0, 0.1) is 13.8 Å². The number of H-pyrrole nitrogens is 1. The van der Waals surface area contributed by atoms with Gasteiger partial charge in [-0.1, -0.05) is 6.92 Å². The number of hydrogen-bond donors (Lipinski definition) is 2. The van der Waals surface area contributed by atoms with Crippen LogP contribution in [0.15, 0.2) is 18.2 Å². The molecule has 0 unspecified atom stereocenters. The van der Waals surface area contributed by atoms with Crippen LogP contribution in [-0.4, -0.2) is 27.5 Å². The summed E-state index contributed by atoms with van der Waals surface area (Å²) in [6.07, 6.45) is 0.856. The van der Waals surface area contributed by atoms with E-state index in [1.165, 1.54) is 0 Å². The van der Waals surface area contributed by atoms with Crippen LogP contribution >= 0.6 is 0 Å². The average molecular weight is 322 g/mol. The summed E-state index contributed by atoms with van der Waals surface area (Å²) in [5.41, 5.74) is 5.34. The SMILES string of the molecule is CCc1nc(-c2cc(C)c3cc4c(cc3n2)OCC(=O)N4)c(C)[nH]1. The van der Waals surface area contributed by atoms with Crippen molar-refractivity contribution in [3.63, 3.8) is 0 Å². The Bertz CT molecular complexity index is 975. The zero-order chi connectivity index (χ0) is 16.8. The summed E-state index contributed by atoms with van der Waals surface area (Å²) >= 11 is 0. The van der Waals surface area contributed by atoms with Crippen LogP contribution in [0.2, 0.25) is 0 Å². The van der Waals surface area contributed by atoms with Crippen LogP contribution in [0.5, 0.6) is 5.75 Å². The van der Waals surface area contributed by atoms with Gasteiger partial charge >= 0.3 is 0 Å². The largest absolute Gasteiger partial charge is 0.482 e. The summed E-state index contributed by atoms with van der Waals surface area (Å²) in [7, 11) is 0. The third-order valence-electron chi connectivity index (χ3n) is 4.26. The van der Waals surface area contributed by atoms with Crippen LogP contribution in [-0.2, 0) is 11.2 Å². The summed E-state index contributed by atoms with van der Waals surface area (Å²) in [4.78, 5) is 24.2. The molecular formula is C18H18N4O2. The van der Waals surface area contributed by atoms with Crippen molar-refractivity contribution in [2.45, 2.75) is 27.2 Å². The topological polar surface area (TPSA) is 79.9 Å². The van der Waals surface area contributed by atoms with Crippen molar-refractivity contribution in [2.75, 3.05) is 11.9 Å². The second-order valence-corrected chi connectivity index (χ2v) is 6.04. The lowest BCUT2D eigenvalue weighted by Gasteiger charge is -2.19. The molecule has 0 atom stereocenters. The van der Waals surface area contributed by atoms with Gasteiger partial charge in [-0.2, -0.15) is 0 Å². The van der Waals surface area contributed by atoms with E-state index in [1.54, 1.807) is 0 Å². The number of ether oxygens (including phenoxy) is 1. The van der Waals surface area contributed by atoms with Gasteiger partial charge in [0.1, 0.15) is 17.3 Å². The zero-order valence-electron chi connectivity index (χ0n) is 13.9. The fraction of sp³-hybridized carbons (Fsp3) is 0.278. The van der Waals surface area contributed by atoms with Crippen LogP contribution in [0.3, 0.4) is 0 Å². The highest BCUT2D eigenvalue weighted by atomic mass is 16.5. The number of pyridine rings is 1. The monoisotopic (exact) mass is 322 g/mol. The van der Waals surface area contributed by atoms with Gasteiger partial charge in [0.2, 0.25) is 0 Å². The molecule has 0 saturated carbocycles. The minimum atomic E-state index is -0.136. The Morgan fingerprint density at radius 3 is 2.79 bits per heavy atom. The number of aryl methyl sites for hydroxylation is 3. The molecule has 2 aromatic heterocycles. The summed E-state index contributed by atoms with van der Waals surface area (Å²) in [6.45, 7) is 6.15. The molecule has 1 amide bonds. The van der Waals surface area contributed by atoms with E-state index in [2.05, 4.69) is 22.2 Å². The molecule has 24 heavy (non-hydrogen) atoms. The minimum absolute atomic E-state index is 0.0372. The Hall–Kier alpha value is -2.89. The van der Waals surface area contributed by atoms with E-state index in [9.17, 15) is 4.79 Å². The van der Waals surface area contributed by atoms with Gasteiger partial charge in [0.25, 0.3) is 5.91 Å². The number of nitrogens with zero attached hydrogens (tertiary/aromatic N) is 2. The predicted octanol–water partition coefficient (Wildman–Crippen LogP) is 3.14. The predicted molar refractivity (Wildman–Crippen MR) is 92.3 cm³/mol. The molecule has 0 saturated heterocycles. The van der Waals surface area contributed by atoms with E-state index < -0.39 is 0 Å². The van der Waals surface area contributed by atoms with E-state index in [0.29, 0.717) is 11.4 Å². The molecule has 0 bridgehead atoms. The Labute approximate surface area is 139 Å². The second-order valence-electron chi connectivity index (χ2n) is 6.04. The van der Waals surface area contributed by atoms with E-state index in [0.717, 1.165) is 45.8 Å². The van der Waals surface area contributed by atoms with Gasteiger partial charge in [-0.15, -0.1) is 0 Å². The normalized spacial score (nSPS) is 13.5. The Balaban J connectivity index is 1.89. The Kier molecular flexibility index (Phi) is 3.26. The maximum absolute atomic E-state index is 11.5. The first kappa shape index (κ1) is 14.7. The average Bonchev–Trinajstić information content (AvgIpc) is 2.94. The number of aromatic nitrogens is 3. The highest BCUT2D eigenvalue weighted by Gasteiger charge is 2.19. The molecule has 0 radical (unpaired) electrons. The maximum atomic E-state index is 11.5. The van der Waals surface area contributed by atoms with Crippen LogP contribution in [0.4, 0.5) is 5.69 Å². The molecule has 0 spiro atoms. The molecule has 122 valence electrons. The van der Waals surface area contributed by atoms with Crippen LogP contribution in [0.1, 0.15) is 24.0 Å². The van der Waals surface area contributed by atoms with E-state index in [1.807, 2.05) is 32.0 Å². The molecule has 1 aliphatic rings. The first-order chi connectivity index (χ1) is 11.5. The molecule has 0 aliphatic carbocycles. The number of amides is 1. The molecule has 6 heteroatoms. The number of benzene rings is 1. The van der Waals surface area contributed by atoms with Crippen molar-refractivity contribution in [1.29, 1.82) is 0 Å². The van der Waals surface area contributed by atoms with Gasteiger partial charge in [0, 0.05) is 23.6 Å². The minimum Gasteiger partial charge on any atom is -0.482 e. The van der Waals surface area contributed by atoms with Gasteiger partial charge in [-0.3, -0.25) is 4.79 Å². The van der Waals surface area contributed by atoms with Gasteiger partial charge in [-0.25, -0.2) is 9.97 Å². The lowest BCUT2D eigenvalue weighted by atomic mass is 10.1. The number of aromatic amines is 1. The fourth-order valence-corrected chi connectivity index (χ4v) is 3.03. The van der Waals surface area contributed by atoms with Gasteiger partial charge in [0.15, 0.2) is 6.61 Å². The zero-order valence-corrected chi connectivity index (χ0v) is 13.9. The first-order valence-corrected chi connectivity index (χ1v) is 7.99. The quantitative estimate of drug-likeness (QED) is 0.759. The van der Waals surface area contributed by atoms with Gasteiger partial charge < -0.3 is 15.0 Å². The number of rotatable bonds is 2. The van der Waals surface area contributed by atoms with E-state index in [4.69, 9.17) is 9.72 Å². The highest BCUT2D eigenvalue weighted by Crippen LogP contribution is 2.34.